The molecule has 0 N–H and O–H groups in total. The van der Waals surface area contributed by atoms with Crippen LogP contribution in [0.25, 0.3) is 0 Å². The number of fused-ring (bicyclic) bond motifs is 1. The van der Waals surface area contributed by atoms with Crippen molar-refractivity contribution in [1.29, 1.82) is 0 Å². The molecule has 2 aliphatic rings. The van der Waals surface area contributed by atoms with E-state index in [1.54, 1.807) is 0 Å². The number of amides is 1. The Kier molecular flexibility index (Phi) is 6.08. The van der Waals surface area contributed by atoms with Crippen LogP contribution in [0.4, 0.5) is 11.4 Å². The Balaban J connectivity index is 1.64. The van der Waals surface area contributed by atoms with Crippen molar-refractivity contribution in [3.63, 3.8) is 0 Å². The summed E-state index contributed by atoms with van der Waals surface area (Å²) in [7, 11) is 1.41. The summed E-state index contributed by atoms with van der Waals surface area (Å²) in [6.45, 7) is 7.38. The van der Waals surface area contributed by atoms with Crippen molar-refractivity contribution >= 4 is 23.3 Å². The molecule has 0 aromatic heterocycles. The van der Waals surface area contributed by atoms with E-state index in [4.69, 9.17) is 0 Å². The van der Waals surface area contributed by atoms with Crippen molar-refractivity contribution < 1.29 is 14.3 Å². The number of carbonyl (C=O) groups excluding carboxylic acids is 2. The zero-order valence-electron chi connectivity index (χ0n) is 16.9. The van der Waals surface area contributed by atoms with Gasteiger partial charge in [-0.15, -0.1) is 0 Å². The molecule has 0 atom stereocenters. The first-order chi connectivity index (χ1) is 12.9. The van der Waals surface area contributed by atoms with Crippen molar-refractivity contribution in [1.82, 2.24) is 0 Å². The fraction of sp³-hybridized carbons (Fsp3) is 0.636. The molecule has 1 aromatic rings. The van der Waals surface area contributed by atoms with Gasteiger partial charge in [-0.2, -0.15) is 0 Å². The normalized spacial score (nSPS) is 17.9. The van der Waals surface area contributed by atoms with Crippen LogP contribution in [0.3, 0.4) is 0 Å². The van der Waals surface area contributed by atoms with E-state index in [-0.39, 0.29) is 17.3 Å². The van der Waals surface area contributed by atoms with Crippen LogP contribution in [0.5, 0.6) is 0 Å². The molecule has 0 bridgehead atoms. The highest BCUT2D eigenvalue weighted by molar-refractivity contribution is 5.97. The molecule has 27 heavy (non-hydrogen) atoms. The van der Waals surface area contributed by atoms with Gasteiger partial charge in [0.1, 0.15) is 0 Å². The molecule has 148 valence electrons. The predicted molar refractivity (Wildman–Crippen MR) is 108 cm³/mol. The number of ether oxygens (including phenoxy) is 1. The first-order valence-corrected chi connectivity index (χ1v) is 10.2. The average Bonchev–Trinajstić information content (AvgIpc) is 3.27. The number of hydrogen-bond donors (Lipinski definition) is 0. The molecule has 2 heterocycles. The summed E-state index contributed by atoms with van der Waals surface area (Å²) < 4.78 is 4.66. The number of esters is 1. The molecule has 1 saturated heterocycles. The van der Waals surface area contributed by atoms with Crippen LogP contribution in [0.15, 0.2) is 18.2 Å². The van der Waals surface area contributed by atoms with Crippen molar-refractivity contribution in [3.05, 3.63) is 23.8 Å². The van der Waals surface area contributed by atoms with Gasteiger partial charge < -0.3 is 14.5 Å². The number of nitrogens with zero attached hydrogens (tertiary/aromatic N) is 2. The second-order valence-electron chi connectivity index (χ2n) is 8.40. The third kappa shape index (κ3) is 4.45. The molecule has 1 amide bonds. The lowest BCUT2D eigenvalue weighted by Crippen LogP contribution is -2.33. The van der Waals surface area contributed by atoms with Gasteiger partial charge in [0.05, 0.1) is 7.11 Å². The van der Waals surface area contributed by atoms with Crippen LogP contribution in [0.2, 0.25) is 0 Å². The lowest BCUT2D eigenvalue weighted by atomic mass is 9.87. The fourth-order valence-electron chi connectivity index (χ4n) is 4.24. The topological polar surface area (TPSA) is 49.9 Å². The molecule has 0 aliphatic carbocycles. The summed E-state index contributed by atoms with van der Waals surface area (Å²) in [6.07, 6.45) is 5.93. The maximum absolute atomic E-state index is 12.9. The Morgan fingerprint density at radius 3 is 2.48 bits per heavy atom. The zero-order valence-corrected chi connectivity index (χ0v) is 16.9. The van der Waals surface area contributed by atoms with Crippen LogP contribution in [0.1, 0.15) is 64.4 Å². The molecule has 0 spiro atoms. The van der Waals surface area contributed by atoms with Gasteiger partial charge in [0.15, 0.2) is 0 Å². The van der Waals surface area contributed by atoms with Crippen molar-refractivity contribution in [3.8, 4) is 0 Å². The fourth-order valence-corrected chi connectivity index (χ4v) is 4.24. The SMILES string of the molecule is COC(=O)CCCCCC(=O)N1CC(C)(C)c2ccc(N3CCCC3)cc21. The van der Waals surface area contributed by atoms with Gasteiger partial charge in [0.2, 0.25) is 5.91 Å². The monoisotopic (exact) mass is 372 g/mol. The molecular weight excluding hydrogens is 340 g/mol. The third-order valence-corrected chi connectivity index (χ3v) is 5.83. The van der Waals surface area contributed by atoms with E-state index in [1.807, 2.05) is 4.90 Å². The smallest absolute Gasteiger partial charge is 0.305 e. The van der Waals surface area contributed by atoms with Gasteiger partial charge in [-0.1, -0.05) is 26.3 Å². The maximum Gasteiger partial charge on any atom is 0.305 e. The highest BCUT2D eigenvalue weighted by atomic mass is 16.5. The second kappa shape index (κ2) is 8.32. The molecule has 5 nitrogen and oxygen atoms in total. The van der Waals surface area contributed by atoms with Gasteiger partial charge >= 0.3 is 5.97 Å². The average molecular weight is 373 g/mol. The Hall–Kier alpha value is -2.04. The standard InChI is InChI=1S/C22H32N2O3/c1-22(2)16-24(20(25)9-5-4-6-10-21(26)27-3)19-15-17(11-12-18(19)22)23-13-7-8-14-23/h11-12,15H,4-10,13-14,16H2,1-3H3. The Morgan fingerprint density at radius 2 is 1.78 bits per heavy atom. The molecule has 0 saturated carbocycles. The van der Waals surface area contributed by atoms with Gasteiger partial charge in [-0.3, -0.25) is 9.59 Å². The van der Waals surface area contributed by atoms with Crippen LogP contribution >= 0.6 is 0 Å². The van der Waals surface area contributed by atoms with E-state index >= 15 is 0 Å². The van der Waals surface area contributed by atoms with Crippen molar-refractivity contribution in [2.75, 3.05) is 36.5 Å². The number of unbranched alkanes of at least 4 members (excludes halogenated alkanes) is 2. The van der Waals surface area contributed by atoms with E-state index in [9.17, 15) is 9.59 Å². The molecule has 1 aromatic carbocycles. The first kappa shape index (κ1) is 19.7. The molecule has 5 heteroatoms. The van der Waals surface area contributed by atoms with Gasteiger partial charge in [0.25, 0.3) is 0 Å². The minimum absolute atomic E-state index is 0.0145. The van der Waals surface area contributed by atoms with Crippen molar-refractivity contribution in [2.45, 2.75) is 64.2 Å². The van der Waals surface area contributed by atoms with Crippen LogP contribution in [0, 0.1) is 0 Å². The minimum atomic E-state index is -0.175. The molecule has 1 fully saturated rings. The summed E-state index contributed by atoms with van der Waals surface area (Å²) in [5, 5.41) is 0. The zero-order chi connectivity index (χ0) is 19.4. The Labute approximate surface area is 162 Å². The van der Waals surface area contributed by atoms with Gasteiger partial charge in [-0.05, 0) is 43.4 Å². The number of anilines is 2. The van der Waals surface area contributed by atoms with Crippen molar-refractivity contribution in [2.24, 2.45) is 0 Å². The number of hydrogen-bond acceptors (Lipinski definition) is 4. The summed E-state index contributed by atoms with van der Waals surface area (Å²) in [5.41, 5.74) is 3.58. The number of carbonyl (C=O) groups is 2. The highest BCUT2D eigenvalue weighted by Gasteiger charge is 2.38. The summed E-state index contributed by atoms with van der Waals surface area (Å²) in [6, 6.07) is 6.64. The van der Waals surface area contributed by atoms with E-state index < -0.39 is 0 Å². The summed E-state index contributed by atoms with van der Waals surface area (Å²) in [4.78, 5) is 28.5. The summed E-state index contributed by atoms with van der Waals surface area (Å²) >= 11 is 0. The predicted octanol–water partition coefficient (Wildman–Crippen LogP) is 4.03. The summed E-state index contributed by atoms with van der Waals surface area (Å²) in [5.74, 6) is 0.0180. The largest absolute Gasteiger partial charge is 0.469 e. The molecular formula is C22H32N2O3. The van der Waals surface area contributed by atoms with Gasteiger partial charge in [0, 0.05) is 49.3 Å². The molecule has 2 aliphatic heterocycles. The minimum Gasteiger partial charge on any atom is -0.469 e. The molecule has 3 rings (SSSR count). The first-order valence-electron chi connectivity index (χ1n) is 10.2. The molecule has 0 unspecified atom stereocenters. The van der Waals surface area contributed by atoms with Crippen LogP contribution < -0.4 is 9.80 Å². The quantitative estimate of drug-likeness (QED) is 0.535. The lowest BCUT2D eigenvalue weighted by molar-refractivity contribution is -0.140. The highest BCUT2D eigenvalue weighted by Crippen LogP contribution is 2.43. The molecule has 0 radical (unpaired) electrons. The number of benzene rings is 1. The number of rotatable bonds is 7. The maximum atomic E-state index is 12.9. The van der Waals surface area contributed by atoms with Crippen LogP contribution in [-0.4, -0.2) is 38.6 Å². The Morgan fingerprint density at radius 1 is 1.07 bits per heavy atom. The van der Waals surface area contributed by atoms with E-state index in [0.29, 0.717) is 12.8 Å². The second-order valence-corrected chi connectivity index (χ2v) is 8.40. The lowest BCUT2D eigenvalue weighted by Gasteiger charge is -2.22. The van der Waals surface area contributed by atoms with E-state index in [2.05, 4.69) is 41.7 Å². The van der Waals surface area contributed by atoms with E-state index in [1.165, 1.54) is 31.2 Å². The van der Waals surface area contributed by atoms with E-state index in [0.717, 1.165) is 44.6 Å². The number of methoxy groups -OCH3 is 1. The van der Waals surface area contributed by atoms with Gasteiger partial charge in [-0.25, -0.2) is 0 Å². The third-order valence-electron chi connectivity index (χ3n) is 5.83. The van der Waals surface area contributed by atoms with Crippen LogP contribution in [-0.2, 0) is 19.7 Å². The Bertz CT molecular complexity index is 693.